The van der Waals surface area contributed by atoms with Gasteiger partial charge in [-0.05, 0) is 83.7 Å². The number of rotatable bonds is 5. The lowest BCUT2D eigenvalue weighted by Crippen LogP contribution is -2.35. The first-order chi connectivity index (χ1) is 13.9. The van der Waals surface area contributed by atoms with Gasteiger partial charge in [0.15, 0.2) is 5.11 Å². The molecular formula is C21H18IN3O3S. The van der Waals surface area contributed by atoms with E-state index in [1.165, 1.54) is 0 Å². The summed E-state index contributed by atoms with van der Waals surface area (Å²) in [4.78, 5) is 25.0. The molecule has 8 heteroatoms. The number of furan rings is 1. The maximum absolute atomic E-state index is 12.5. The van der Waals surface area contributed by atoms with E-state index in [0.29, 0.717) is 22.6 Å². The molecule has 2 aromatic carbocycles. The second kappa shape index (κ2) is 9.66. The molecule has 0 bridgehead atoms. The van der Waals surface area contributed by atoms with Crippen LogP contribution in [0, 0.1) is 10.5 Å². The first-order valence-electron chi connectivity index (χ1n) is 8.72. The zero-order valence-corrected chi connectivity index (χ0v) is 18.5. The number of benzene rings is 2. The number of aryl methyl sites for hydroxylation is 1. The topological polar surface area (TPSA) is 83.4 Å². The number of thiocarbonyl (C=S) groups is 1. The Labute approximate surface area is 187 Å². The Morgan fingerprint density at radius 3 is 2.59 bits per heavy atom. The van der Waals surface area contributed by atoms with E-state index in [0.717, 1.165) is 9.13 Å². The van der Waals surface area contributed by atoms with Crippen LogP contribution in [-0.2, 0) is 6.54 Å². The molecule has 1 aromatic heterocycles. The van der Waals surface area contributed by atoms with Crippen LogP contribution in [0.15, 0.2) is 65.3 Å². The number of amides is 2. The molecule has 0 aliphatic carbocycles. The molecule has 148 valence electrons. The molecule has 0 saturated carbocycles. The Balaban J connectivity index is 1.64. The summed E-state index contributed by atoms with van der Waals surface area (Å²) in [7, 11) is 0. The third kappa shape index (κ3) is 5.64. The van der Waals surface area contributed by atoms with Gasteiger partial charge in [-0.3, -0.25) is 14.9 Å². The SMILES string of the molecule is Cc1ccc(C(=O)NC(=S)Nc2ccccc2C(=O)NCc2ccco2)cc1I. The first kappa shape index (κ1) is 21.0. The predicted molar refractivity (Wildman–Crippen MR) is 124 cm³/mol. The number of hydrogen-bond donors (Lipinski definition) is 3. The van der Waals surface area contributed by atoms with Crippen LogP contribution in [0.4, 0.5) is 5.69 Å². The number of nitrogens with one attached hydrogen (secondary N) is 3. The van der Waals surface area contributed by atoms with Crippen molar-refractivity contribution < 1.29 is 14.0 Å². The Kier molecular flexibility index (Phi) is 6.99. The molecule has 6 nitrogen and oxygen atoms in total. The molecule has 0 radical (unpaired) electrons. The number of carbonyl (C=O) groups excluding carboxylic acids is 2. The summed E-state index contributed by atoms with van der Waals surface area (Å²) in [5, 5.41) is 8.47. The summed E-state index contributed by atoms with van der Waals surface area (Å²) >= 11 is 7.43. The number of carbonyl (C=O) groups is 2. The molecule has 3 rings (SSSR count). The average molecular weight is 519 g/mol. The van der Waals surface area contributed by atoms with Crippen LogP contribution >= 0.6 is 34.8 Å². The Morgan fingerprint density at radius 1 is 1.07 bits per heavy atom. The minimum Gasteiger partial charge on any atom is -0.467 e. The van der Waals surface area contributed by atoms with Crippen LogP contribution in [0.1, 0.15) is 32.0 Å². The van der Waals surface area contributed by atoms with Gasteiger partial charge in [0, 0.05) is 9.13 Å². The molecule has 0 spiro atoms. The predicted octanol–water partition coefficient (Wildman–Crippen LogP) is 4.25. The van der Waals surface area contributed by atoms with E-state index in [1.807, 2.05) is 13.0 Å². The van der Waals surface area contributed by atoms with Gasteiger partial charge >= 0.3 is 0 Å². The summed E-state index contributed by atoms with van der Waals surface area (Å²) < 4.78 is 6.21. The van der Waals surface area contributed by atoms with Crippen molar-refractivity contribution in [1.29, 1.82) is 0 Å². The van der Waals surface area contributed by atoms with Crippen molar-refractivity contribution in [1.82, 2.24) is 10.6 Å². The molecule has 3 N–H and O–H groups in total. The zero-order valence-electron chi connectivity index (χ0n) is 15.5. The monoisotopic (exact) mass is 519 g/mol. The molecule has 29 heavy (non-hydrogen) atoms. The fraction of sp³-hybridized carbons (Fsp3) is 0.0952. The lowest BCUT2D eigenvalue weighted by molar-refractivity contribution is 0.0947. The quantitative estimate of drug-likeness (QED) is 0.347. The van der Waals surface area contributed by atoms with E-state index in [9.17, 15) is 9.59 Å². The lowest BCUT2D eigenvalue weighted by Gasteiger charge is -2.13. The Bertz CT molecular complexity index is 1050. The van der Waals surface area contributed by atoms with Crippen molar-refractivity contribution in [2.24, 2.45) is 0 Å². The maximum Gasteiger partial charge on any atom is 0.257 e. The molecule has 0 saturated heterocycles. The first-order valence-corrected chi connectivity index (χ1v) is 10.2. The van der Waals surface area contributed by atoms with Crippen LogP contribution in [-0.4, -0.2) is 16.9 Å². The molecular weight excluding hydrogens is 501 g/mol. The highest BCUT2D eigenvalue weighted by atomic mass is 127. The largest absolute Gasteiger partial charge is 0.467 e. The van der Waals surface area contributed by atoms with Gasteiger partial charge in [-0.25, -0.2) is 0 Å². The van der Waals surface area contributed by atoms with E-state index in [4.69, 9.17) is 16.6 Å². The molecule has 0 aliphatic rings. The van der Waals surface area contributed by atoms with Crippen molar-refractivity contribution in [2.45, 2.75) is 13.5 Å². The van der Waals surface area contributed by atoms with Crippen LogP contribution < -0.4 is 16.0 Å². The van der Waals surface area contributed by atoms with Crippen LogP contribution in [0.5, 0.6) is 0 Å². The Hall–Kier alpha value is -2.72. The third-order valence-corrected chi connectivity index (χ3v) is 5.45. The van der Waals surface area contributed by atoms with Crippen LogP contribution in [0.3, 0.4) is 0 Å². The summed E-state index contributed by atoms with van der Waals surface area (Å²) in [6, 6.07) is 15.9. The van der Waals surface area contributed by atoms with Gasteiger partial charge in [-0.2, -0.15) is 0 Å². The fourth-order valence-corrected chi connectivity index (χ4v) is 3.25. The van der Waals surface area contributed by atoms with Crippen molar-refractivity contribution in [3.8, 4) is 0 Å². The summed E-state index contributed by atoms with van der Waals surface area (Å²) in [6.45, 7) is 2.25. The normalized spacial score (nSPS) is 10.3. The van der Waals surface area contributed by atoms with Crippen molar-refractivity contribution in [2.75, 3.05) is 5.32 Å². The van der Waals surface area contributed by atoms with Gasteiger partial charge in [-0.15, -0.1) is 0 Å². The number of halogens is 1. The van der Waals surface area contributed by atoms with E-state index < -0.39 is 0 Å². The van der Waals surface area contributed by atoms with E-state index in [2.05, 4.69) is 38.5 Å². The highest BCUT2D eigenvalue weighted by molar-refractivity contribution is 14.1. The highest BCUT2D eigenvalue weighted by Gasteiger charge is 2.14. The lowest BCUT2D eigenvalue weighted by atomic mass is 10.1. The minimum absolute atomic E-state index is 0.108. The fourth-order valence-electron chi connectivity index (χ4n) is 2.53. The van der Waals surface area contributed by atoms with Crippen molar-refractivity contribution in [3.05, 3.63) is 86.9 Å². The van der Waals surface area contributed by atoms with Gasteiger partial charge < -0.3 is 15.1 Å². The van der Waals surface area contributed by atoms with Crippen molar-refractivity contribution >= 4 is 57.4 Å². The standard InChI is InChI=1S/C21H18IN3O3S/c1-13-8-9-14(11-17(13)22)19(26)25-21(29)24-18-7-3-2-6-16(18)20(27)23-12-15-5-4-10-28-15/h2-11H,12H2,1H3,(H,23,27)(H2,24,25,26,29). The van der Waals surface area contributed by atoms with E-state index in [-0.39, 0.29) is 23.5 Å². The van der Waals surface area contributed by atoms with Crippen molar-refractivity contribution in [3.63, 3.8) is 0 Å². The summed E-state index contributed by atoms with van der Waals surface area (Å²) in [6.07, 6.45) is 1.55. The maximum atomic E-state index is 12.5. The number of hydrogen-bond acceptors (Lipinski definition) is 4. The zero-order chi connectivity index (χ0) is 20.8. The van der Waals surface area contributed by atoms with Gasteiger partial charge in [0.1, 0.15) is 5.76 Å². The average Bonchev–Trinajstić information content (AvgIpc) is 3.22. The number of anilines is 1. The third-order valence-electron chi connectivity index (χ3n) is 4.08. The molecule has 2 amide bonds. The van der Waals surface area contributed by atoms with Crippen LogP contribution in [0.2, 0.25) is 0 Å². The molecule has 0 atom stereocenters. The van der Waals surface area contributed by atoms with Gasteiger partial charge in [0.05, 0.1) is 24.1 Å². The summed E-state index contributed by atoms with van der Waals surface area (Å²) in [5.41, 5.74) is 2.50. The smallest absolute Gasteiger partial charge is 0.257 e. The number of para-hydroxylation sites is 1. The molecule has 0 fully saturated rings. The highest BCUT2D eigenvalue weighted by Crippen LogP contribution is 2.16. The van der Waals surface area contributed by atoms with Gasteiger partial charge in [0.2, 0.25) is 0 Å². The van der Waals surface area contributed by atoms with Gasteiger partial charge in [0.25, 0.3) is 11.8 Å². The van der Waals surface area contributed by atoms with E-state index >= 15 is 0 Å². The molecule has 0 aliphatic heterocycles. The molecule has 0 unspecified atom stereocenters. The second-order valence-electron chi connectivity index (χ2n) is 6.18. The minimum atomic E-state index is -0.319. The molecule has 3 aromatic rings. The van der Waals surface area contributed by atoms with Crippen LogP contribution in [0.25, 0.3) is 0 Å². The van der Waals surface area contributed by atoms with E-state index in [1.54, 1.807) is 54.8 Å². The second-order valence-corrected chi connectivity index (χ2v) is 7.75. The van der Waals surface area contributed by atoms with Gasteiger partial charge in [-0.1, -0.05) is 18.2 Å². The summed E-state index contributed by atoms with van der Waals surface area (Å²) in [5.74, 6) is 0.0474. The molecule has 1 heterocycles. The Morgan fingerprint density at radius 2 is 1.86 bits per heavy atom.